The first-order valence-electron chi connectivity index (χ1n) is 6.99. The largest absolute Gasteiger partial charge is 0.378 e. The van der Waals surface area contributed by atoms with Gasteiger partial charge in [-0.05, 0) is 54.5 Å². The van der Waals surface area contributed by atoms with Gasteiger partial charge in [0.15, 0.2) is 5.11 Å². The Kier molecular flexibility index (Phi) is 5.49. The van der Waals surface area contributed by atoms with E-state index >= 15 is 0 Å². The van der Waals surface area contributed by atoms with E-state index in [1.165, 1.54) is 5.56 Å². The van der Waals surface area contributed by atoms with Crippen LogP contribution in [-0.4, -0.2) is 25.4 Å². The van der Waals surface area contributed by atoms with Gasteiger partial charge < -0.3 is 10.2 Å². The maximum atomic E-state index is 5.21. The molecule has 0 fully saturated rings. The molecule has 2 N–H and O–H groups in total. The van der Waals surface area contributed by atoms with E-state index in [0.29, 0.717) is 5.11 Å². The number of nitrogens with zero attached hydrogens (tertiary/aromatic N) is 2. The summed E-state index contributed by atoms with van der Waals surface area (Å²) in [5.74, 6) is 0. The minimum absolute atomic E-state index is 0.465. The molecule has 0 unspecified atom stereocenters. The fourth-order valence-corrected chi connectivity index (χ4v) is 2.08. The first-order chi connectivity index (χ1) is 10.5. The van der Waals surface area contributed by atoms with Crippen LogP contribution in [0, 0.1) is 6.92 Å². The third-order valence-electron chi connectivity index (χ3n) is 3.07. The van der Waals surface area contributed by atoms with Gasteiger partial charge in [-0.25, -0.2) is 0 Å². The zero-order valence-electron chi connectivity index (χ0n) is 13.0. The molecule has 2 rings (SSSR count). The first kappa shape index (κ1) is 16.0. The number of anilines is 2. The molecule has 0 saturated heterocycles. The van der Waals surface area contributed by atoms with E-state index in [1.807, 2.05) is 69.6 Å². The summed E-state index contributed by atoms with van der Waals surface area (Å²) in [6.45, 7) is 2.04. The van der Waals surface area contributed by atoms with Crippen molar-refractivity contribution >= 4 is 34.9 Å². The summed E-state index contributed by atoms with van der Waals surface area (Å²) in [5.41, 5.74) is 7.11. The molecule has 5 heteroatoms. The van der Waals surface area contributed by atoms with E-state index in [0.717, 1.165) is 16.9 Å². The van der Waals surface area contributed by atoms with E-state index in [-0.39, 0.29) is 0 Å². The van der Waals surface area contributed by atoms with Crippen LogP contribution < -0.4 is 15.6 Å². The normalized spacial score (nSPS) is 10.5. The highest BCUT2D eigenvalue weighted by molar-refractivity contribution is 7.80. The summed E-state index contributed by atoms with van der Waals surface area (Å²) in [6.07, 6.45) is 1.74. The predicted molar refractivity (Wildman–Crippen MR) is 98.9 cm³/mol. The number of rotatable bonds is 4. The number of hydrogen-bond acceptors (Lipinski definition) is 3. The van der Waals surface area contributed by atoms with Crippen LogP contribution in [0.5, 0.6) is 0 Å². The Balaban J connectivity index is 1.87. The van der Waals surface area contributed by atoms with Gasteiger partial charge in [0, 0.05) is 25.5 Å². The fourth-order valence-electron chi connectivity index (χ4n) is 1.91. The molecule has 0 saturated carbocycles. The monoisotopic (exact) mass is 312 g/mol. The lowest BCUT2D eigenvalue weighted by Gasteiger charge is -2.11. The van der Waals surface area contributed by atoms with E-state index in [2.05, 4.69) is 20.7 Å². The summed E-state index contributed by atoms with van der Waals surface area (Å²) in [7, 11) is 4.03. The van der Waals surface area contributed by atoms with Crippen molar-refractivity contribution in [2.24, 2.45) is 5.10 Å². The van der Waals surface area contributed by atoms with Crippen LogP contribution in [0.1, 0.15) is 11.1 Å². The van der Waals surface area contributed by atoms with Crippen LogP contribution in [0.3, 0.4) is 0 Å². The highest BCUT2D eigenvalue weighted by atomic mass is 32.1. The van der Waals surface area contributed by atoms with Crippen LogP contribution in [0.15, 0.2) is 53.6 Å². The molecule has 0 heterocycles. The quantitative estimate of drug-likeness (QED) is 0.516. The van der Waals surface area contributed by atoms with Crippen molar-refractivity contribution in [2.45, 2.75) is 6.92 Å². The molecule has 0 radical (unpaired) electrons. The molecule has 4 nitrogen and oxygen atoms in total. The van der Waals surface area contributed by atoms with Gasteiger partial charge in [-0.3, -0.25) is 5.43 Å². The Hall–Kier alpha value is -2.40. The average Bonchev–Trinajstić information content (AvgIpc) is 2.47. The van der Waals surface area contributed by atoms with Crippen LogP contribution >= 0.6 is 12.2 Å². The molecular weight excluding hydrogens is 292 g/mol. The van der Waals surface area contributed by atoms with Crippen molar-refractivity contribution in [3.05, 3.63) is 59.7 Å². The van der Waals surface area contributed by atoms with Gasteiger partial charge in [-0.15, -0.1) is 0 Å². The van der Waals surface area contributed by atoms with Gasteiger partial charge in [0.05, 0.1) is 6.21 Å². The third kappa shape index (κ3) is 4.86. The fraction of sp³-hybridized carbons (Fsp3) is 0.176. The average molecular weight is 312 g/mol. The van der Waals surface area contributed by atoms with Gasteiger partial charge >= 0.3 is 0 Å². The molecule has 0 spiro atoms. The van der Waals surface area contributed by atoms with E-state index in [4.69, 9.17) is 12.2 Å². The smallest absolute Gasteiger partial charge is 0.191 e. The van der Waals surface area contributed by atoms with Crippen LogP contribution in [0.2, 0.25) is 0 Å². The number of benzene rings is 2. The van der Waals surface area contributed by atoms with Crippen molar-refractivity contribution in [3.8, 4) is 0 Å². The Morgan fingerprint density at radius 3 is 2.50 bits per heavy atom. The van der Waals surface area contributed by atoms with Gasteiger partial charge in [0.25, 0.3) is 0 Å². The maximum absolute atomic E-state index is 5.21. The molecule has 0 aliphatic carbocycles. The van der Waals surface area contributed by atoms with E-state index in [1.54, 1.807) is 6.21 Å². The highest BCUT2D eigenvalue weighted by Crippen LogP contribution is 2.11. The van der Waals surface area contributed by atoms with Crippen LogP contribution in [0.4, 0.5) is 11.4 Å². The standard InChI is InChI=1S/C17H20N4S/c1-13-5-4-6-15(11-13)19-17(22)20-18-12-14-7-9-16(10-8-14)21(2)3/h4-12H,1-3H3,(H2,19,20,22)/b18-12-. The molecule has 0 bridgehead atoms. The summed E-state index contributed by atoms with van der Waals surface area (Å²) in [4.78, 5) is 2.06. The Labute approximate surface area is 136 Å². The van der Waals surface area contributed by atoms with Crippen LogP contribution in [-0.2, 0) is 0 Å². The van der Waals surface area contributed by atoms with Crippen molar-refractivity contribution in [1.29, 1.82) is 0 Å². The van der Waals surface area contributed by atoms with Gasteiger partial charge in [-0.2, -0.15) is 5.10 Å². The Morgan fingerprint density at radius 2 is 1.86 bits per heavy atom. The zero-order valence-corrected chi connectivity index (χ0v) is 13.8. The summed E-state index contributed by atoms with van der Waals surface area (Å²) in [5, 5.41) is 7.70. The van der Waals surface area contributed by atoms with Crippen molar-refractivity contribution < 1.29 is 0 Å². The minimum atomic E-state index is 0.465. The van der Waals surface area contributed by atoms with E-state index in [9.17, 15) is 0 Å². The molecule has 114 valence electrons. The number of hydrazone groups is 1. The van der Waals surface area contributed by atoms with Crippen molar-refractivity contribution in [1.82, 2.24) is 5.43 Å². The lowest BCUT2D eigenvalue weighted by Crippen LogP contribution is -2.23. The maximum Gasteiger partial charge on any atom is 0.191 e. The lowest BCUT2D eigenvalue weighted by molar-refractivity contribution is 1.05. The van der Waals surface area contributed by atoms with E-state index < -0.39 is 0 Å². The zero-order chi connectivity index (χ0) is 15.9. The molecule has 0 atom stereocenters. The predicted octanol–water partition coefficient (Wildman–Crippen LogP) is 3.38. The van der Waals surface area contributed by atoms with Gasteiger partial charge in [0.2, 0.25) is 0 Å². The molecule has 0 amide bonds. The number of hydrogen-bond donors (Lipinski definition) is 2. The van der Waals surface area contributed by atoms with Crippen molar-refractivity contribution in [2.75, 3.05) is 24.3 Å². The third-order valence-corrected chi connectivity index (χ3v) is 3.26. The lowest BCUT2D eigenvalue weighted by atomic mass is 10.2. The topological polar surface area (TPSA) is 39.7 Å². The number of nitrogens with one attached hydrogen (secondary N) is 2. The second-order valence-electron chi connectivity index (χ2n) is 5.18. The van der Waals surface area contributed by atoms with Gasteiger partial charge in [-0.1, -0.05) is 24.3 Å². The molecule has 0 aromatic heterocycles. The van der Waals surface area contributed by atoms with Gasteiger partial charge in [0.1, 0.15) is 0 Å². The second kappa shape index (κ2) is 7.56. The highest BCUT2D eigenvalue weighted by Gasteiger charge is 1.97. The SMILES string of the molecule is Cc1cccc(NC(=S)N/N=C\c2ccc(N(C)C)cc2)c1. The second-order valence-corrected chi connectivity index (χ2v) is 5.59. The molecule has 0 aliphatic heterocycles. The Bertz CT molecular complexity index is 663. The van der Waals surface area contributed by atoms with Crippen LogP contribution in [0.25, 0.3) is 0 Å². The Morgan fingerprint density at radius 1 is 1.14 bits per heavy atom. The minimum Gasteiger partial charge on any atom is -0.378 e. The molecule has 2 aromatic rings. The molecule has 0 aliphatic rings. The summed E-state index contributed by atoms with van der Waals surface area (Å²) < 4.78 is 0. The molecule has 22 heavy (non-hydrogen) atoms. The number of aryl methyl sites for hydroxylation is 1. The first-order valence-corrected chi connectivity index (χ1v) is 7.39. The summed E-state index contributed by atoms with van der Waals surface area (Å²) >= 11 is 5.21. The summed E-state index contributed by atoms with van der Waals surface area (Å²) in [6, 6.07) is 16.1. The van der Waals surface area contributed by atoms with Crippen molar-refractivity contribution in [3.63, 3.8) is 0 Å². The number of thiocarbonyl (C=S) groups is 1. The molecule has 2 aromatic carbocycles. The molecular formula is C17H20N4S.